The van der Waals surface area contributed by atoms with Crippen molar-refractivity contribution in [3.05, 3.63) is 41.4 Å². The maximum absolute atomic E-state index is 13.2. The summed E-state index contributed by atoms with van der Waals surface area (Å²) >= 11 is 6.03. The number of nitrogens with zero attached hydrogens (tertiary/aromatic N) is 3. The Hall–Kier alpha value is -2.20. The van der Waals surface area contributed by atoms with E-state index in [0.29, 0.717) is 24.4 Å². The molecule has 2 aromatic carbocycles. The maximum Gasteiger partial charge on any atom is 0.242 e. The average Bonchev–Trinajstić information content (AvgIpc) is 3.35. The van der Waals surface area contributed by atoms with E-state index in [1.807, 2.05) is 4.90 Å². The van der Waals surface area contributed by atoms with E-state index < -0.39 is 16.1 Å². The summed E-state index contributed by atoms with van der Waals surface area (Å²) in [5, 5.41) is 2.17. The van der Waals surface area contributed by atoms with Gasteiger partial charge in [-0.25, -0.2) is 8.42 Å². The first-order chi connectivity index (χ1) is 17.8. The van der Waals surface area contributed by atoms with Gasteiger partial charge in [-0.2, -0.15) is 4.72 Å². The van der Waals surface area contributed by atoms with E-state index in [1.54, 1.807) is 30.3 Å². The van der Waals surface area contributed by atoms with Gasteiger partial charge in [-0.3, -0.25) is 9.59 Å². The first-order valence-corrected chi connectivity index (χ1v) is 15.2. The first-order valence-electron chi connectivity index (χ1n) is 13.3. The summed E-state index contributed by atoms with van der Waals surface area (Å²) in [4.78, 5) is 32.5. The molecule has 37 heavy (non-hydrogen) atoms. The third-order valence-electron chi connectivity index (χ3n) is 7.85. The van der Waals surface area contributed by atoms with E-state index in [1.165, 1.54) is 30.2 Å². The number of carbonyl (C=O) groups is 2. The van der Waals surface area contributed by atoms with Crippen LogP contribution in [0.25, 0.3) is 10.8 Å². The number of carbonyl (C=O) groups excluding carboxylic acids is 2. The van der Waals surface area contributed by atoms with Crippen LogP contribution >= 0.6 is 11.6 Å². The number of piperidine rings is 2. The lowest BCUT2D eigenvalue weighted by Gasteiger charge is -2.36. The highest BCUT2D eigenvalue weighted by Crippen LogP contribution is 2.24. The molecule has 0 spiro atoms. The number of hydrogen-bond donors (Lipinski definition) is 1. The van der Waals surface area contributed by atoms with Crippen LogP contribution in [0.4, 0.5) is 0 Å². The van der Waals surface area contributed by atoms with E-state index in [0.717, 1.165) is 49.8 Å². The van der Waals surface area contributed by atoms with Gasteiger partial charge in [0.05, 0.1) is 11.4 Å². The van der Waals surface area contributed by atoms with E-state index in [9.17, 15) is 18.0 Å². The molecule has 2 amide bonds. The van der Waals surface area contributed by atoms with E-state index in [-0.39, 0.29) is 29.3 Å². The van der Waals surface area contributed by atoms with Crippen LogP contribution < -0.4 is 4.72 Å². The number of likely N-dealkylation sites (tertiary alicyclic amines) is 3. The molecule has 10 heteroatoms. The van der Waals surface area contributed by atoms with Crippen LogP contribution in [0, 0.1) is 0 Å². The van der Waals surface area contributed by atoms with Crippen LogP contribution in [0.5, 0.6) is 0 Å². The number of sulfonamides is 1. The summed E-state index contributed by atoms with van der Waals surface area (Å²) in [7, 11) is -3.92. The maximum atomic E-state index is 13.2. The summed E-state index contributed by atoms with van der Waals surface area (Å²) in [6, 6.07) is 9.39. The van der Waals surface area contributed by atoms with Crippen molar-refractivity contribution in [3.8, 4) is 0 Å². The molecule has 3 heterocycles. The molecule has 1 N–H and O–H groups in total. The highest BCUT2D eigenvalue weighted by atomic mass is 35.5. The standard InChI is InChI=1S/C27H35ClN4O4S/c28-22-10-8-21-17-24(11-9-20(21)16-22)37(35,36)29-25-7-5-14-31(27(25)34)19-26(33)32-15-4-6-23(32)18-30-12-2-1-3-13-30/h8-11,16-17,23,25,29H,1-7,12-15,18-19H2. The van der Waals surface area contributed by atoms with Crippen LogP contribution in [-0.2, 0) is 19.6 Å². The third kappa shape index (κ3) is 6.11. The zero-order valence-electron chi connectivity index (χ0n) is 21.1. The van der Waals surface area contributed by atoms with E-state index >= 15 is 0 Å². The lowest BCUT2D eigenvalue weighted by atomic mass is 10.1. The van der Waals surface area contributed by atoms with Gasteiger partial charge in [0, 0.05) is 30.7 Å². The van der Waals surface area contributed by atoms with Crippen molar-refractivity contribution >= 4 is 44.2 Å². The highest BCUT2D eigenvalue weighted by Gasteiger charge is 2.36. The summed E-state index contributed by atoms with van der Waals surface area (Å²) in [5.41, 5.74) is 0. The Morgan fingerprint density at radius 1 is 0.919 bits per heavy atom. The zero-order chi connectivity index (χ0) is 26.0. The first kappa shape index (κ1) is 26.4. The minimum atomic E-state index is -3.92. The summed E-state index contributed by atoms with van der Waals surface area (Å²) in [6.07, 6.45) is 6.74. The van der Waals surface area contributed by atoms with Gasteiger partial charge in [-0.05, 0) is 86.7 Å². The Balaban J connectivity index is 1.22. The van der Waals surface area contributed by atoms with Gasteiger partial charge in [0.25, 0.3) is 0 Å². The molecular formula is C27H35ClN4O4S. The van der Waals surface area contributed by atoms with Gasteiger partial charge in [0.15, 0.2) is 0 Å². The molecule has 3 aliphatic heterocycles. The smallest absolute Gasteiger partial charge is 0.242 e. The number of halogens is 1. The van der Waals surface area contributed by atoms with E-state index in [4.69, 9.17) is 11.6 Å². The number of amides is 2. The summed E-state index contributed by atoms with van der Waals surface area (Å²) in [6.45, 7) is 4.28. The Kier molecular flexibility index (Phi) is 8.04. The van der Waals surface area contributed by atoms with Gasteiger partial charge >= 0.3 is 0 Å². The lowest BCUT2D eigenvalue weighted by molar-refractivity contribution is -0.143. The normalized spacial score (nSPS) is 23.6. The minimum absolute atomic E-state index is 0.00426. The fourth-order valence-corrected chi connectivity index (χ4v) is 7.31. The third-order valence-corrected chi connectivity index (χ3v) is 9.56. The molecule has 2 unspecified atom stereocenters. The van der Waals surface area contributed by atoms with Gasteiger partial charge in [-0.1, -0.05) is 30.2 Å². The Labute approximate surface area is 224 Å². The Bertz CT molecular complexity index is 1260. The fraction of sp³-hybridized carbons (Fsp3) is 0.556. The van der Waals surface area contributed by atoms with Crippen molar-refractivity contribution in [1.29, 1.82) is 0 Å². The Morgan fingerprint density at radius 2 is 1.65 bits per heavy atom. The molecule has 200 valence electrons. The van der Waals surface area contributed by atoms with Crippen LogP contribution in [0.15, 0.2) is 41.3 Å². The molecule has 8 nitrogen and oxygen atoms in total. The molecule has 2 aromatic rings. The van der Waals surface area contributed by atoms with Gasteiger partial charge < -0.3 is 14.7 Å². The molecule has 0 saturated carbocycles. The van der Waals surface area contributed by atoms with E-state index in [2.05, 4.69) is 9.62 Å². The van der Waals surface area contributed by atoms with Crippen LogP contribution in [0.1, 0.15) is 44.9 Å². The molecule has 0 bridgehead atoms. The zero-order valence-corrected chi connectivity index (χ0v) is 22.6. The van der Waals surface area contributed by atoms with Crippen molar-refractivity contribution in [2.45, 2.75) is 61.9 Å². The molecule has 5 rings (SSSR count). The highest BCUT2D eigenvalue weighted by molar-refractivity contribution is 7.89. The number of nitrogens with one attached hydrogen (secondary N) is 1. The quantitative estimate of drug-likeness (QED) is 0.576. The van der Waals surface area contributed by atoms with Crippen molar-refractivity contribution in [3.63, 3.8) is 0 Å². The number of benzene rings is 2. The van der Waals surface area contributed by atoms with Crippen molar-refractivity contribution in [2.75, 3.05) is 39.3 Å². The second-order valence-electron chi connectivity index (χ2n) is 10.5. The van der Waals surface area contributed by atoms with Gasteiger partial charge in [0.2, 0.25) is 21.8 Å². The number of hydrogen-bond acceptors (Lipinski definition) is 5. The van der Waals surface area contributed by atoms with Crippen LogP contribution in [0.2, 0.25) is 5.02 Å². The van der Waals surface area contributed by atoms with Crippen molar-refractivity contribution in [2.24, 2.45) is 0 Å². The van der Waals surface area contributed by atoms with Crippen molar-refractivity contribution in [1.82, 2.24) is 19.4 Å². The second kappa shape index (κ2) is 11.3. The van der Waals surface area contributed by atoms with Gasteiger partial charge in [0.1, 0.15) is 6.04 Å². The monoisotopic (exact) mass is 546 g/mol. The molecule has 0 radical (unpaired) electrons. The molecule has 3 fully saturated rings. The average molecular weight is 547 g/mol. The predicted molar refractivity (Wildman–Crippen MR) is 144 cm³/mol. The largest absolute Gasteiger partial charge is 0.337 e. The van der Waals surface area contributed by atoms with Gasteiger partial charge in [-0.15, -0.1) is 0 Å². The molecule has 3 aliphatic rings. The molecule has 3 saturated heterocycles. The summed E-state index contributed by atoms with van der Waals surface area (Å²) in [5.74, 6) is -0.368. The predicted octanol–water partition coefficient (Wildman–Crippen LogP) is 3.24. The molecular weight excluding hydrogens is 512 g/mol. The second-order valence-corrected chi connectivity index (χ2v) is 12.6. The van der Waals surface area contributed by atoms with Crippen LogP contribution in [0.3, 0.4) is 0 Å². The molecule has 0 aliphatic carbocycles. The minimum Gasteiger partial charge on any atom is -0.337 e. The van der Waals surface area contributed by atoms with Crippen LogP contribution in [-0.4, -0.2) is 86.3 Å². The fourth-order valence-electron chi connectivity index (χ4n) is 5.87. The van der Waals surface area contributed by atoms with Crippen molar-refractivity contribution < 1.29 is 18.0 Å². The lowest BCUT2D eigenvalue weighted by Crippen LogP contribution is -2.55. The SMILES string of the molecule is O=C1C(NS(=O)(=O)c2ccc3cc(Cl)ccc3c2)CCCN1CC(=O)N1CCCC1CN1CCCCC1. The summed E-state index contributed by atoms with van der Waals surface area (Å²) < 4.78 is 28.9. The Morgan fingerprint density at radius 3 is 2.46 bits per heavy atom. The topological polar surface area (TPSA) is 90.0 Å². The number of rotatable bonds is 7. The molecule has 2 atom stereocenters. The number of fused-ring (bicyclic) bond motifs is 1. The molecule has 0 aromatic heterocycles.